The fourth-order valence-electron chi connectivity index (χ4n) is 2.98. The summed E-state index contributed by atoms with van der Waals surface area (Å²) in [5.41, 5.74) is 0. The van der Waals surface area contributed by atoms with E-state index in [1.807, 2.05) is 0 Å². The number of carbonyl (C=O) groups is 1. The number of rotatable bonds is 3. The van der Waals surface area contributed by atoms with Gasteiger partial charge in [-0.2, -0.15) is 0 Å². The summed E-state index contributed by atoms with van der Waals surface area (Å²) in [5.74, 6) is 3.17. The van der Waals surface area contributed by atoms with Crippen LogP contribution in [0, 0.1) is 29.6 Å². The zero-order chi connectivity index (χ0) is 11.6. The number of carbonyl (C=O) groups excluding carboxylic acids is 1. The standard InChI is InChI=1S/C13H25NO/c1-8-6-7-12(9(8)2)10(3)11(4)13(15)14-5/h8-12H,6-7H2,1-5H3,(H,14,15)/t8-,9-,10?,11?,12+/m1/s1. The maximum absolute atomic E-state index is 11.6. The van der Waals surface area contributed by atoms with Gasteiger partial charge in [-0.15, -0.1) is 0 Å². The van der Waals surface area contributed by atoms with E-state index in [1.54, 1.807) is 7.05 Å². The van der Waals surface area contributed by atoms with E-state index >= 15 is 0 Å². The quantitative estimate of drug-likeness (QED) is 0.764. The summed E-state index contributed by atoms with van der Waals surface area (Å²) in [6.07, 6.45) is 2.63. The molecule has 1 aliphatic carbocycles. The van der Waals surface area contributed by atoms with Crippen molar-refractivity contribution in [3.63, 3.8) is 0 Å². The molecule has 0 aromatic carbocycles. The molecule has 1 fully saturated rings. The smallest absolute Gasteiger partial charge is 0.222 e. The van der Waals surface area contributed by atoms with Gasteiger partial charge in [-0.1, -0.05) is 34.1 Å². The van der Waals surface area contributed by atoms with Gasteiger partial charge in [0.2, 0.25) is 5.91 Å². The van der Waals surface area contributed by atoms with Crippen LogP contribution < -0.4 is 5.32 Å². The fourth-order valence-corrected chi connectivity index (χ4v) is 2.98. The van der Waals surface area contributed by atoms with Gasteiger partial charge in [0.1, 0.15) is 0 Å². The predicted molar refractivity (Wildman–Crippen MR) is 63.4 cm³/mol. The second-order valence-corrected chi connectivity index (χ2v) is 5.34. The third kappa shape index (κ3) is 2.53. The van der Waals surface area contributed by atoms with Crippen molar-refractivity contribution in [2.45, 2.75) is 40.5 Å². The number of amides is 1. The molecule has 5 atom stereocenters. The van der Waals surface area contributed by atoms with Gasteiger partial charge in [-0.05, 0) is 30.1 Å². The van der Waals surface area contributed by atoms with Gasteiger partial charge in [0.15, 0.2) is 0 Å². The minimum atomic E-state index is 0.146. The van der Waals surface area contributed by atoms with Crippen LogP contribution in [0.1, 0.15) is 40.5 Å². The Morgan fingerprint density at radius 3 is 2.27 bits per heavy atom. The minimum Gasteiger partial charge on any atom is -0.359 e. The highest BCUT2D eigenvalue weighted by molar-refractivity contribution is 5.78. The lowest BCUT2D eigenvalue weighted by molar-refractivity contribution is -0.126. The van der Waals surface area contributed by atoms with Crippen molar-refractivity contribution in [1.82, 2.24) is 5.32 Å². The van der Waals surface area contributed by atoms with Crippen molar-refractivity contribution >= 4 is 5.91 Å². The highest BCUT2D eigenvalue weighted by atomic mass is 16.1. The Morgan fingerprint density at radius 2 is 1.87 bits per heavy atom. The van der Waals surface area contributed by atoms with Crippen LogP contribution in [-0.4, -0.2) is 13.0 Å². The van der Waals surface area contributed by atoms with E-state index in [0.29, 0.717) is 5.92 Å². The topological polar surface area (TPSA) is 29.1 Å². The SMILES string of the molecule is CNC(=O)C(C)C(C)[C@H]1CC[C@@H](C)[C@H]1C. The molecule has 1 N–H and O–H groups in total. The Kier molecular flexibility index (Phi) is 4.18. The Balaban J connectivity index is 2.60. The molecule has 2 unspecified atom stereocenters. The fraction of sp³-hybridized carbons (Fsp3) is 0.923. The minimum absolute atomic E-state index is 0.146. The average Bonchev–Trinajstić information content (AvgIpc) is 2.56. The van der Waals surface area contributed by atoms with Crippen molar-refractivity contribution in [2.75, 3.05) is 7.05 Å². The van der Waals surface area contributed by atoms with E-state index < -0.39 is 0 Å². The van der Waals surface area contributed by atoms with E-state index in [2.05, 4.69) is 33.0 Å². The Morgan fingerprint density at radius 1 is 1.27 bits per heavy atom. The summed E-state index contributed by atoms with van der Waals surface area (Å²) in [6.45, 7) is 8.97. The molecular formula is C13H25NO. The zero-order valence-electron chi connectivity index (χ0n) is 10.7. The first kappa shape index (κ1) is 12.5. The monoisotopic (exact) mass is 211 g/mol. The molecule has 2 nitrogen and oxygen atoms in total. The normalized spacial score (nSPS) is 34.9. The lowest BCUT2D eigenvalue weighted by Gasteiger charge is -2.28. The van der Waals surface area contributed by atoms with Crippen molar-refractivity contribution in [2.24, 2.45) is 29.6 Å². The first-order valence-electron chi connectivity index (χ1n) is 6.20. The van der Waals surface area contributed by atoms with Crippen LogP contribution in [0.5, 0.6) is 0 Å². The molecule has 0 aromatic rings. The van der Waals surface area contributed by atoms with Gasteiger partial charge in [0.05, 0.1) is 0 Å². The van der Waals surface area contributed by atoms with Crippen molar-refractivity contribution in [3.8, 4) is 0 Å². The first-order chi connectivity index (χ1) is 6.99. The van der Waals surface area contributed by atoms with Crippen molar-refractivity contribution in [1.29, 1.82) is 0 Å². The molecule has 1 saturated carbocycles. The average molecular weight is 211 g/mol. The molecule has 0 aromatic heterocycles. The second kappa shape index (κ2) is 5.00. The van der Waals surface area contributed by atoms with Gasteiger partial charge in [-0.3, -0.25) is 4.79 Å². The zero-order valence-corrected chi connectivity index (χ0v) is 10.7. The first-order valence-corrected chi connectivity index (χ1v) is 6.20. The summed E-state index contributed by atoms with van der Waals surface area (Å²) >= 11 is 0. The second-order valence-electron chi connectivity index (χ2n) is 5.34. The van der Waals surface area contributed by atoms with Crippen LogP contribution in [0.4, 0.5) is 0 Å². The van der Waals surface area contributed by atoms with E-state index in [1.165, 1.54) is 12.8 Å². The van der Waals surface area contributed by atoms with Crippen molar-refractivity contribution in [3.05, 3.63) is 0 Å². The van der Waals surface area contributed by atoms with E-state index in [0.717, 1.165) is 17.8 Å². The third-order valence-corrected chi connectivity index (χ3v) is 4.65. The molecule has 1 rings (SSSR count). The highest BCUT2D eigenvalue weighted by Gasteiger charge is 2.36. The largest absolute Gasteiger partial charge is 0.359 e. The Labute approximate surface area is 93.8 Å². The Bertz CT molecular complexity index is 227. The Hall–Kier alpha value is -0.530. The number of nitrogens with one attached hydrogen (secondary N) is 1. The molecule has 0 bridgehead atoms. The van der Waals surface area contributed by atoms with Gasteiger partial charge >= 0.3 is 0 Å². The van der Waals surface area contributed by atoms with Crippen LogP contribution in [0.3, 0.4) is 0 Å². The highest BCUT2D eigenvalue weighted by Crippen LogP contribution is 2.42. The molecule has 0 heterocycles. The van der Waals surface area contributed by atoms with Crippen LogP contribution in [-0.2, 0) is 4.79 Å². The summed E-state index contributed by atoms with van der Waals surface area (Å²) in [7, 11) is 1.73. The van der Waals surface area contributed by atoms with Gasteiger partial charge in [0, 0.05) is 13.0 Å². The van der Waals surface area contributed by atoms with Gasteiger partial charge in [0.25, 0.3) is 0 Å². The predicted octanol–water partition coefficient (Wildman–Crippen LogP) is 2.69. The lowest BCUT2D eigenvalue weighted by Crippen LogP contribution is -2.33. The summed E-state index contributed by atoms with van der Waals surface area (Å²) in [5, 5.41) is 2.76. The molecule has 0 saturated heterocycles. The molecule has 15 heavy (non-hydrogen) atoms. The van der Waals surface area contributed by atoms with E-state index in [9.17, 15) is 4.79 Å². The molecule has 88 valence electrons. The van der Waals surface area contributed by atoms with Gasteiger partial charge < -0.3 is 5.32 Å². The summed E-state index contributed by atoms with van der Waals surface area (Å²) in [4.78, 5) is 11.6. The summed E-state index contributed by atoms with van der Waals surface area (Å²) < 4.78 is 0. The number of hydrogen-bond acceptors (Lipinski definition) is 1. The number of hydrogen-bond donors (Lipinski definition) is 1. The van der Waals surface area contributed by atoms with Crippen LogP contribution in [0.25, 0.3) is 0 Å². The van der Waals surface area contributed by atoms with Crippen LogP contribution in [0.2, 0.25) is 0 Å². The molecule has 0 aliphatic heterocycles. The third-order valence-electron chi connectivity index (χ3n) is 4.65. The molecule has 0 spiro atoms. The van der Waals surface area contributed by atoms with E-state index in [-0.39, 0.29) is 11.8 Å². The summed E-state index contributed by atoms with van der Waals surface area (Å²) in [6, 6.07) is 0. The molecule has 0 radical (unpaired) electrons. The van der Waals surface area contributed by atoms with Crippen molar-refractivity contribution < 1.29 is 4.79 Å². The maximum atomic E-state index is 11.6. The molecule has 2 heteroatoms. The maximum Gasteiger partial charge on any atom is 0.222 e. The van der Waals surface area contributed by atoms with Gasteiger partial charge in [-0.25, -0.2) is 0 Å². The van der Waals surface area contributed by atoms with Crippen LogP contribution in [0.15, 0.2) is 0 Å². The molecule has 1 amide bonds. The van der Waals surface area contributed by atoms with E-state index in [4.69, 9.17) is 0 Å². The lowest BCUT2D eigenvalue weighted by atomic mass is 9.77. The molecular weight excluding hydrogens is 186 g/mol. The van der Waals surface area contributed by atoms with Crippen LogP contribution >= 0.6 is 0 Å². The molecule has 1 aliphatic rings.